The van der Waals surface area contributed by atoms with E-state index in [4.69, 9.17) is 4.74 Å². The molecule has 0 aromatic carbocycles. The lowest BCUT2D eigenvalue weighted by molar-refractivity contribution is 0.0278. The monoisotopic (exact) mass is 181 g/mol. The quantitative estimate of drug-likeness (QED) is 0.699. The molecule has 2 nitrogen and oxygen atoms in total. The van der Waals surface area contributed by atoms with Gasteiger partial charge in [0.1, 0.15) is 6.73 Å². The van der Waals surface area contributed by atoms with Crippen LogP contribution in [0.3, 0.4) is 0 Å². The van der Waals surface area contributed by atoms with E-state index in [0.717, 1.165) is 0 Å². The molecule has 2 heteroatoms. The maximum absolute atomic E-state index is 5.54. The summed E-state index contributed by atoms with van der Waals surface area (Å²) < 4.78 is 7.70. The van der Waals surface area contributed by atoms with Crippen molar-refractivity contribution in [2.24, 2.45) is 0 Å². The van der Waals surface area contributed by atoms with Crippen molar-refractivity contribution in [3.8, 4) is 0 Å². The van der Waals surface area contributed by atoms with Crippen LogP contribution < -0.4 is 0 Å². The number of ether oxygens (including phenoxy) is 1. The fourth-order valence-corrected chi connectivity index (χ4v) is 1.29. The zero-order chi connectivity index (χ0) is 10.0. The van der Waals surface area contributed by atoms with Gasteiger partial charge < -0.3 is 9.30 Å². The van der Waals surface area contributed by atoms with Crippen LogP contribution in [0.5, 0.6) is 0 Å². The van der Waals surface area contributed by atoms with E-state index < -0.39 is 0 Å². The van der Waals surface area contributed by atoms with Crippen LogP contribution in [0.2, 0.25) is 0 Å². The second kappa shape index (κ2) is 3.97. The van der Waals surface area contributed by atoms with Gasteiger partial charge in [0.15, 0.2) is 0 Å². The average molecular weight is 181 g/mol. The molecule has 0 bridgehead atoms. The highest BCUT2D eigenvalue weighted by Gasteiger charge is 2.04. The van der Waals surface area contributed by atoms with E-state index in [2.05, 4.69) is 45.4 Å². The van der Waals surface area contributed by atoms with E-state index >= 15 is 0 Å². The predicted molar refractivity (Wildman–Crippen MR) is 54.9 cm³/mol. The number of aromatic nitrogens is 1. The molecule has 0 atom stereocenters. The maximum Gasteiger partial charge on any atom is 0.122 e. The molecule has 0 unspecified atom stereocenters. The molecule has 0 aliphatic carbocycles. The molecule has 0 aliphatic rings. The Morgan fingerprint density at radius 1 is 1.31 bits per heavy atom. The summed E-state index contributed by atoms with van der Waals surface area (Å²) in [5, 5.41) is 0. The van der Waals surface area contributed by atoms with Crippen molar-refractivity contribution in [2.75, 3.05) is 0 Å². The zero-order valence-electron chi connectivity index (χ0n) is 9.22. The van der Waals surface area contributed by atoms with Crippen molar-refractivity contribution >= 4 is 0 Å². The van der Waals surface area contributed by atoms with Crippen LogP contribution in [-0.2, 0) is 11.5 Å². The first-order chi connectivity index (χ1) is 6.02. The van der Waals surface area contributed by atoms with E-state index in [1.165, 1.54) is 16.8 Å². The lowest BCUT2D eigenvalue weighted by atomic mass is 10.2. The summed E-state index contributed by atoms with van der Waals surface area (Å²) in [5.74, 6) is 0. The van der Waals surface area contributed by atoms with Gasteiger partial charge in [0.2, 0.25) is 0 Å². The normalized spacial score (nSPS) is 11.2. The van der Waals surface area contributed by atoms with Crippen LogP contribution in [0.15, 0.2) is 6.20 Å². The Kier molecular flexibility index (Phi) is 3.15. The number of rotatable bonds is 3. The largest absolute Gasteiger partial charge is 0.358 e. The second-order valence-electron chi connectivity index (χ2n) is 3.84. The lowest BCUT2D eigenvalue weighted by Crippen LogP contribution is -2.08. The third kappa shape index (κ3) is 2.34. The SMILES string of the molecule is Cc1cn(COC(C)C)c(C)c1C. The molecule has 1 aromatic heterocycles. The van der Waals surface area contributed by atoms with E-state index in [-0.39, 0.29) is 0 Å². The summed E-state index contributed by atoms with van der Waals surface area (Å²) in [5.41, 5.74) is 4.01. The minimum absolute atomic E-state index is 0.294. The third-order valence-corrected chi connectivity index (χ3v) is 2.46. The molecule has 1 rings (SSSR count). The Morgan fingerprint density at radius 2 is 1.92 bits per heavy atom. The first-order valence-corrected chi connectivity index (χ1v) is 4.77. The fourth-order valence-electron chi connectivity index (χ4n) is 1.29. The van der Waals surface area contributed by atoms with Crippen molar-refractivity contribution in [1.82, 2.24) is 4.57 Å². The van der Waals surface area contributed by atoms with E-state index in [0.29, 0.717) is 12.8 Å². The van der Waals surface area contributed by atoms with E-state index in [1.54, 1.807) is 0 Å². The van der Waals surface area contributed by atoms with Gasteiger partial charge in [-0.05, 0) is 45.7 Å². The van der Waals surface area contributed by atoms with Crippen molar-refractivity contribution < 1.29 is 4.74 Å². The molecule has 1 aromatic rings. The molecule has 0 aliphatic heterocycles. The molecule has 0 saturated heterocycles. The molecule has 13 heavy (non-hydrogen) atoms. The van der Waals surface area contributed by atoms with Crippen molar-refractivity contribution in [1.29, 1.82) is 0 Å². The van der Waals surface area contributed by atoms with Gasteiger partial charge in [0, 0.05) is 11.9 Å². The van der Waals surface area contributed by atoms with Gasteiger partial charge in [0.25, 0.3) is 0 Å². The lowest BCUT2D eigenvalue weighted by Gasteiger charge is -2.10. The Balaban J connectivity index is 2.72. The smallest absolute Gasteiger partial charge is 0.122 e. The van der Waals surface area contributed by atoms with Crippen molar-refractivity contribution in [2.45, 2.75) is 47.5 Å². The van der Waals surface area contributed by atoms with Gasteiger partial charge in [0.05, 0.1) is 6.10 Å². The fraction of sp³-hybridized carbons (Fsp3) is 0.636. The van der Waals surface area contributed by atoms with Crippen LogP contribution in [0.4, 0.5) is 0 Å². The van der Waals surface area contributed by atoms with Crippen molar-refractivity contribution in [3.63, 3.8) is 0 Å². The molecule has 74 valence electrons. The molecule has 0 N–H and O–H groups in total. The highest BCUT2D eigenvalue weighted by Crippen LogP contribution is 2.14. The number of nitrogens with zero attached hydrogens (tertiary/aromatic N) is 1. The first kappa shape index (κ1) is 10.3. The zero-order valence-corrected chi connectivity index (χ0v) is 9.22. The Bertz CT molecular complexity index is 287. The van der Waals surface area contributed by atoms with Crippen LogP contribution >= 0.6 is 0 Å². The molecule has 0 fully saturated rings. The first-order valence-electron chi connectivity index (χ1n) is 4.77. The molecular weight excluding hydrogens is 162 g/mol. The Morgan fingerprint density at radius 3 is 2.31 bits per heavy atom. The van der Waals surface area contributed by atoms with Gasteiger partial charge in [-0.25, -0.2) is 0 Å². The third-order valence-electron chi connectivity index (χ3n) is 2.46. The molecule has 1 heterocycles. The van der Waals surface area contributed by atoms with Gasteiger partial charge in [-0.3, -0.25) is 0 Å². The standard InChI is InChI=1S/C11H19NO/c1-8(2)13-7-12-6-9(3)10(4)11(12)5/h6,8H,7H2,1-5H3. The van der Waals surface area contributed by atoms with Crippen LogP contribution in [0.1, 0.15) is 30.7 Å². The molecule has 0 radical (unpaired) electrons. The molecular formula is C11H19NO. The van der Waals surface area contributed by atoms with Gasteiger partial charge >= 0.3 is 0 Å². The molecule has 0 saturated carbocycles. The summed E-state index contributed by atoms with van der Waals surface area (Å²) in [6.45, 7) is 11.2. The summed E-state index contributed by atoms with van der Waals surface area (Å²) >= 11 is 0. The Hall–Kier alpha value is -0.760. The highest BCUT2D eigenvalue weighted by atomic mass is 16.5. The Labute approximate surface area is 80.5 Å². The second-order valence-corrected chi connectivity index (χ2v) is 3.84. The van der Waals surface area contributed by atoms with Crippen molar-refractivity contribution in [3.05, 3.63) is 23.0 Å². The molecule has 0 spiro atoms. The van der Waals surface area contributed by atoms with Gasteiger partial charge in [-0.2, -0.15) is 0 Å². The van der Waals surface area contributed by atoms with Gasteiger partial charge in [-0.1, -0.05) is 0 Å². The van der Waals surface area contributed by atoms with Crippen LogP contribution in [-0.4, -0.2) is 10.7 Å². The number of hydrogen-bond acceptors (Lipinski definition) is 1. The summed E-state index contributed by atoms with van der Waals surface area (Å²) in [6.07, 6.45) is 2.44. The number of hydrogen-bond donors (Lipinski definition) is 0. The summed E-state index contributed by atoms with van der Waals surface area (Å²) in [6, 6.07) is 0. The van der Waals surface area contributed by atoms with E-state index in [1.807, 2.05) is 0 Å². The minimum Gasteiger partial charge on any atom is -0.358 e. The summed E-state index contributed by atoms with van der Waals surface area (Å²) in [4.78, 5) is 0. The molecule has 0 amide bonds. The average Bonchev–Trinajstić information content (AvgIpc) is 2.29. The van der Waals surface area contributed by atoms with Crippen LogP contribution in [0.25, 0.3) is 0 Å². The maximum atomic E-state index is 5.54. The van der Waals surface area contributed by atoms with E-state index in [9.17, 15) is 0 Å². The topological polar surface area (TPSA) is 14.2 Å². The van der Waals surface area contributed by atoms with Gasteiger partial charge in [-0.15, -0.1) is 0 Å². The number of aryl methyl sites for hydroxylation is 1. The summed E-state index contributed by atoms with van der Waals surface area (Å²) in [7, 11) is 0. The van der Waals surface area contributed by atoms with Crippen LogP contribution in [0, 0.1) is 20.8 Å². The minimum atomic E-state index is 0.294. The predicted octanol–water partition coefficient (Wildman–Crippen LogP) is 2.80. The highest BCUT2D eigenvalue weighted by molar-refractivity contribution is 5.28.